The van der Waals surface area contributed by atoms with Crippen LogP contribution in [-0.2, 0) is 46.3 Å². The largest absolute Gasteiger partial charge is 0.481 e. The Labute approximate surface area is 425 Å². The first-order valence-corrected chi connectivity index (χ1v) is 28.5. The van der Waals surface area contributed by atoms with Crippen molar-refractivity contribution in [3.63, 3.8) is 0 Å². The average Bonchev–Trinajstić information content (AvgIpc) is 3.61. The monoisotopic (exact) mass is 1060 g/mol. The predicted molar refractivity (Wildman–Crippen MR) is 273 cm³/mol. The number of nitrogens with two attached hydrogens (primary N) is 1. The molecule has 1 fully saturated rings. The third kappa shape index (κ3) is 30.5. The second-order valence-electron chi connectivity index (χ2n) is 17.7. The molecule has 2 rings (SSSR count). The van der Waals surface area contributed by atoms with Gasteiger partial charge >= 0.3 is 33.3 Å². The number of aliphatic hydroxyl groups is 4. The summed E-state index contributed by atoms with van der Waals surface area (Å²) in [6.07, 6.45) is 29.2. The molecule has 22 heteroatoms. The molecule has 2 unspecified atom stereocenters. The lowest BCUT2D eigenvalue weighted by molar-refractivity contribution is -0.161. The summed E-state index contributed by atoms with van der Waals surface area (Å²) in [6, 6.07) is 1.23. The van der Waals surface area contributed by atoms with Crippen LogP contribution in [0.3, 0.4) is 0 Å². The molecule has 1 aromatic rings. The minimum absolute atomic E-state index is 0.0623. The highest BCUT2D eigenvalue weighted by molar-refractivity contribution is 7.61. The molecule has 0 bridgehead atoms. The standard InChI is InChI=1S/C50H83N3O17P2/c1-3-5-7-9-11-12-13-14-15-16-17-18-19-21-27-33-45(56)65-37-42(68-46(57)34-28-32-41(55)31-26-23-22-25-30-40(54)29-24-20-10-8-6-4-2)38-66-71(61,62)70-72(63,64)67-39-43-47(58)48(59)49(69-43)53-36-35-44(51)52-50(53)60/h14-15,20,22-26,30-31,35-36,40-43,47-49,54-55,58-59H,3-13,16-19,21,27-29,32-34,37-39H2,1-2H3,(H,61,62)(H,63,64)(H2,51,52,60)/b15-14-,23-22+,24-20-,30-25+,31-26-/t40-,41-,42+,43+,47+,48+,49+/m0/s1. The Balaban J connectivity index is 1.88. The van der Waals surface area contributed by atoms with Gasteiger partial charge in [0.15, 0.2) is 12.3 Å². The number of phosphoric ester groups is 2. The molecule has 0 aliphatic carbocycles. The maximum Gasteiger partial charge on any atom is 0.481 e. The Hall–Kier alpha value is -3.62. The molecule has 1 aliphatic heterocycles. The van der Waals surface area contributed by atoms with Gasteiger partial charge in [-0.15, -0.1) is 0 Å². The van der Waals surface area contributed by atoms with Gasteiger partial charge in [-0.3, -0.25) is 23.2 Å². The number of hydrogen-bond acceptors (Lipinski definition) is 17. The minimum atomic E-state index is -5.49. The molecule has 0 radical (unpaired) electrons. The van der Waals surface area contributed by atoms with Crippen molar-refractivity contribution in [2.24, 2.45) is 0 Å². The third-order valence-corrected chi connectivity index (χ3v) is 13.9. The van der Waals surface area contributed by atoms with Crippen LogP contribution in [0.15, 0.2) is 77.8 Å². The lowest BCUT2D eigenvalue weighted by atomic mass is 10.1. The zero-order chi connectivity index (χ0) is 53.0. The smallest absolute Gasteiger partial charge is 0.462 e. The number of carbonyl (C=O) groups is 2. The number of unbranched alkanes of at least 4 members (excludes halogenated alkanes) is 14. The van der Waals surface area contributed by atoms with Crippen molar-refractivity contribution < 1.29 is 76.5 Å². The molecule has 0 spiro atoms. The number of anilines is 1. The van der Waals surface area contributed by atoms with Crippen LogP contribution in [0.5, 0.6) is 0 Å². The summed E-state index contributed by atoms with van der Waals surface area (Å²) in [7, 11) is -11.0. The van der Waals surface area contributed by atoms with E-state index in [4.69, 9.17) is 29.0 Å². The summed E-state index contributed by atoms with van der Waals surface area (Å²) in [5.74, 6) is -1.57. The maximum atomic E-state index is 12.9. The summed E-state index contributed by atoms with van der Waals surface area (Å²) in [5, 5.41) is 41.4. The van der Waals surface area contributed by atoms with E-state index in [2.05, 4.69) is 41.4 Å². The number of allylic oxidation sites excluding steroid dienone is 7. The highest BCUT2D eigenvalue weighted by Gasteiger charge is 2.46. The lowest BCUT2D eigenvalue weighted by Gasteiger charge is -2.21. The number of phosphoric acid groups is 2. The van der Waals surface area contributed by atoms with E-state index in [1.807, 2.05) is 6.08 Å². The highest BCUT2D eigenvalue weighted by atomic mass is 31.3. The van der Waals surface area contributed by atoms with Crippen molar-refractivity contribution in [2.75, 3.05) is 25.6 Å². The van der Waals surface area contributed by atoms with Crippen LogP contribution < -0.4 is 11.4 Å². The van der Waals surface area contributed by atoms with Crippen molar-refractivity contribution in [3.8, 4) is 0 Å². The third-order valence-electron chi connectivity index (χ3n) is 11.3. The molecule has 20 nitrogen and oxygen atoms in total. The number of nitrogen functional groups attached to an aromatic ring is 1. The summed E-state index contributed by atoms with van der Waals surface area (Å²) >= 11 is 0. The van der Waals surface area contributed by atoms with Gasteiger partial charge in [-0.2, -0.15) is 9.29 Å². The Morgan fingerprint density at radius 3 is 1.94 bits per heavy atom. The van der Waals surface area contributed by atoms with Crippen LogP contribution in [0.2, 0.25) is 0 Å². The average molecular weight is 1060 g/mol. The van der Waals surface area contributed by atoms with Crippen molar-refractivity contribution in [3.05, 3.63) is 83.5 Å². The number of hydrogen-bond donors (Lipinski definition) is 7. The minimum Gasteiger partial charge on any atom is -0.462 e. The number of aliphatic hydroxyl groups excluding tert-OH is 4. The van der Waals surface area contributed by atoms with Gasteiger partial charge in [-0.05, 0) is 70.3 Å². The van der Waals surface area contributed by atoms with E-state index in [-0.39, 0.29) is 31.5 Å². The van der Waals surface area contributed by atoms with E-state index in [0.29, 0.717) is 12.8 Å². The molecule has 1 aromatic heterocycles. The highest BCUT2D eigenvalue weighted by Crippen LogP contribution is 2.60. The lowest BCUT2D eigenvalue weighted by Crippen LogP contribution is -2.36. The van der Waals surface area contributed by atoms with E-state index in [9.17, 15) is 53.7 Å². The summed E-state index contributed by atoms with van der Waals surface area (Å²) in [6.45, 7) is 1.84. The Morgan fingerprint density at radius 2 is 1.29 bits per heavy atom. The Kier molecular flexibility index (Phi) is 34.0. The molecular formula is C50H83N3O17P2. The van der Waals surface area contributed by atoms with Crippen LogP contribution in [0.4, 0.5) is 5.82 Å². The van der Waals surface area contributed by atoms with E-state index in [1.54, 1.807) is 30.4 Å². The van der Waals surface area contributed by atoms with Crippen molar-refractivity contribution in [2.45, 2.75) is 198 Å². The zero-order valence-electron chi connectivity index (χ0n) is 42.2. The number of carbonyl (C=O) groups excluding carboxylic acids is 2. The van der Waals surface area contributed by atoms with Crippen LogP contribution in [-0.4, -0.2) is 108 Å². The normalized spacial score (nSPS) is 20.4. The first kappa shape index (κ1) is 64.5. The molecule has 0 aromatic carbocycles. The fourth-order valence-corrected chi connectivity index (χ4v) is 9.32. The molecule has 1 aliphatic rings. The number of ether oxygens (including phenoxy) is 3. The number of rotatable bonds is 41. The predicted octanol–water partition coefficient (Wildman–Crippen LogP) is 8.28. The van der Waals surface area contributed by atoms with Gasteiger partial charge in [0.05, 0.1) is 25.4 Å². The molecule has 9 atom stereocenters. The molecule has 72 heavy (non-hydrogen) atoms. The molecule has 0 saturated carbocycles. The van der Waals surface area contributed by atoms with Gasteiger partial charge in [0, 0.05) is 19.0 Å². The topological polar surface area (TPSA) is 306 Å². The Morgan fingerprint density at radius 1 is 0.736 bits per heavy atom. The molecule has 410 valence electrons. The quantitative estimate of drug-likeness (QED) is 0.0107. The summed E-state index contributed by atoms with van der Waals surface area (Å²) < 4.78 is 56.5. The van der Waals surface area contributed by atoms with Crippen LogP contribution in [0.1, 0.15) is 161 Å². The van der Waals surface area contributed by atoms with Gasteiger partial charge in [0.1, 0.15) is 30.7 Å². The van der Waals surface area contributed by atoms with Crippen molar-refractivity contribution >= 4 is 33.4 Å². The fourth-order valence-electron chi connectivity index (χ4n) is 7.21. The van der Waals surface area contributed by atoms with Crippen LogP contribution in [0, 0.1) is 0 Å². The molecule has 8 N–H and O–H groups in total. The SMILES string of the molecule is CCCCC/C=C\C[C@H](O)/C=C/C=C/C=C\[C@H](O)CCCC(=O)O[C@H](COC(=O)CCCCCCC/C=C\CCCCCCCC)COP(=O)(O)OP(=O)(O)OC[C@H]1O[C@@H](n2ccc(N)nc2=O)[C@H](O)[C@@H]1O. The Bertz CT molecular complexity index is 1980. The van der Waals surface area contributed by atoms with Gasteiger partial charge in [-0.25, -0.2) is 13.9 Å². The van der Waals surface area contributed by atoms with E-state index in [1.165, 1.54) is 57.1 Å². The van der Waals surface area contributed by atoms with E-state index >= 15 is 0 Å². The molecular weight excluding hydrogens is 977 g/mol. The second-order valence-corrected chi connectivity index (χ2v) is 20.8. The maximum absolute atomic E-state index is 12.9. The van der Waals surface area contributed by atoms with E-state index < -0.39 is 95.9 Å². The molecule has 2 heterocycles. The van der Waals surface area contributed by atoms with Gasteiger partial charge in [-0.1, -0.05) is 139 Å². The van der Waals surface area contributed by atoms with Crippen LogP contribution in [0.25, 0.3) is 0 Å². The summed E-state index contributed by atoms with van der Waals surface area (Å²) in [5.41, 5.74) is 4.56. The van der Waals surface area contributed by atoms with E-state index in [0.717, 1.165) is 68.6 Å². The second kappa shape index (κ2) is 38.0. The zero-order valence-corrected chi connectivity index (χ0v) is 44.0. The van der Waals surface area contributed by atoms with Gasteiger partial charge in [0.25, 0.3) is 0 Å². The molecule has 1 saturated heterocycles. The van der Waals surface area contributed by atoms with Crippen molar-refractivity contribution in [1.82, 2.24) is 9.55 Å². The van der Waals surface area contributed by atoms with Gasteiger partial charge < -0.3 is 50.2 Å². The number of aromatic nitrogens is 2. The first-order chi connectivity index (χ1) is 34.5. The van der Waals surface area contributed by atoms with Crippen LogP contribution >= 0.6 is 15.6 Å². The number of nitrogens with zero attached hydrogens (tertiary/aromatic N) is 2. The number of esters is 2. The fraction of sp³-hybridized carbons (Fsp3) is 0.680. The van der Waals surface area contributed by atoms with Crippen molar-refractivity contribution in [1.29, 1.82) is 0 Å². The molecule has 0 amide bonds. The van der Waals surface area contributed by atoms with Gasteiger partial charge in [0.2, 0.25) is 0 Å². The first-order valence-electron chi connectivity index (χ1n) is 25.5. The summed E-state index contributed by atoms with van der Waals surface area (Å²) in [4.78, 5) is 61.9.